The van der Waals surface area contributed by atoms with Gasteiger partial charge in [-0.2, -0.15) is 0 Å². The monoisotopic (exact) mass is 350 g/mol. The molecule has 1 fully saturated rings. The average Bonchev–Trinajstić information content (AvgIpc) is 2.62. The van der Waals surface area contributed by atoms with Gasteiger partial charge in [-0.15, -0.1) is 11.3 Å². The van der Waals surface area contributed by atoms with Gasteiger partial charge in [0.05, 0.1) is 8.45 Å². The summed E-state index contributed by atoms with van der Waals surface area (Å²) in [6, 6.07) is 2.72. The van der Waals surface area contributed by atoms with Crippen LogP contribution in [-0.2, 0) is 0 Å². The Balaban J connectivity index is 2.09. The van der Waals surface area contributed by atoms with E-state index in [0.717, 1.165) is 21.5 Å². The summed E-state index contributed by atoms with van der Waals surface area (Å²) in [6.07, 6.45) is 0. The van der Waals surface area contributed by atoms with Crippen LogP contribution in [0.25, 0.3) is 0 Å². The molecule has 1 aromatic rings. The van der Waals surface area contributed by atoms with Crippen molar-refractivity contribution in [3.05, 3.63) is 19.9 Å². The lowest BCUT2D eigenvalue weighted by atomic mass is 10.1. The maximum Gasteiger partial charge on any atom is 0.254 e. The quantitative estimate of drug-likeness (QED) is 0.788. The van der Waals surface area contributed by atoms with Crippen molar-refractivity contribution in [2.24, 2.45) is 0 Å². The molecule has 1 amide bonds. The largest absolute Gasteiger partial charge is 0.336 e. The Morgan fingerprint density at radius 3 is 2.62 bits per heavy atom. The fraction of sp³-hybridized carbons (Fsp3) is 0.545. The van der Waals surface area contributed by atoms with Crippen molar-refractivity contribution in [2.45, 2.75) is 25.9 Å². The summed E-state index contributed by atoms with van der Waals surface area (Å²) in [6.45, 7) is 5.84. The third-order valence-corrected chi connectivity index (χ3v) is 4.45. The summed E-state index contributed by atoms with van der Waals surface area (Å²) in [5, 5.41) is 5.37. The van der Waals surface area contributed by atoms with E-state index < -0.39 is 0 Å². The highest BCUT2D eigenvalue weighted by molar-refractivity contribution is 14.1. The Kier molecular flexibility index (Phi) is 3.86. The topological polar surface area (TPSA) is 32.3 Å². The van der Waals surface area contributed by atoms with Gasteiger partial charge >= 0.3 is 0 Å². The summed E-state index contributed by atoms with van der Waals surface area (Å²) in [5.41, 5.74) is 0.829. The molecule has 0 saturated carbocycles. The van der Waals surface area contributed by atoms with E-state index in [0.29, 0.717) is 12.1 Å². The van der Waals surface area contributed by atoms with E-state index in [-0.39, 0.29) is 5.91 Å². The molecule has 1 N–H and O–H groups in total. The minimum Gasteiger partial charge on any atom is -0.336 e. The summed E-state index contributed by atoms with van der Waals surface area (Å²) in [5.74, 6) is 0.166. The molecule has 3 nitrogen and oxygen atoms in total. The number of hydrogen-bond acceptors (Lipinski definition) is 3. The van der Waals surface area contributed by atoms with Gasteiger partial charge in [0.15, 0.2) is 0 Å². The Morgan fingerprint density at radius 1 is 1.50 bits per heavy atom. The van der Waals surface area contributed by atoms with Crippen LogP contribution in [0.15, 0.2) is 11.4 Å². The van der Waals surface area contributed by atoms with Crippen LogP contribution in [0, 0.1) is 2.88 Å². The molecule has 2 heterocycles. The number of nitrogens with zero attached hydrogens (tertiary/aromatic N) is 1. The van der Waals surface area contributed by atoms with Crippen LogP contribution in [-0.4, -0.2) is 36.0 Å². The molecule has 0 radical (unpaired) electrons. The van der Waals surface area contributed by atoms with Crippen molar-refractivity contribution >= 4 is 39.8 Å². The molecule has 0 aromatic carbocycles. The van der Waals surface area contributed by atoms with Gasteiger partial charge in [-0.1, -0.05) is 0 Å². The number of nitrogens with one attached hydrogen (secondary N) is 1. The zero-order valence-corrected chi connectivity index (χ0v) is 12.3. The molecule has 1 aliphatic rings. The second kappa shape index (κ2) is 5.01. The van der Waals surface area contributed by atoms with Crippen molar-refractivity contribution < 1.29 is 4.79 Å². The number of piperazine rings is 1. The fourth-order valence-electron chi connectivity index (χ4n) is 2.10. The third kappa shape index (κ3) is 2.75. The van der Waals surface area contributed by atoms with Crippen molar-refractivity contribution in [3.8, 4) is 0 Å². The van der Waals surface area contributed by atoms with Gasteiger partial charge in [0, 0.05) is 30.6 Å². The molecule has 1 aromatic heterocycles. The van der Waals surface area contributed by atoms with Gasteiger partial charge in [0.1, 0.15) is 0 Å². The van der Waals surface area contributed by atoms with Crippen molar-refractivity contribution in [1.82, 2.24) is 10.2 Å². The fourth-order valence-corrected chi connectivity index (χ4v) is 3.42. The van der Waals surface area contributed by atoms with Crippen LogP contribution in [0.3, 0.4) is 0 Å². The number of thiophene rings is 1. The van der Waals surface area contributed by atoms with Gasteiger partial charge in [0.25, 0.3) is 5.91 Å². The first kappa shape index (κ1) is 12.3. The second-order valence-corrected chi connectivity index (χ2v) is 7.12. The van der Waals surface area contributed by atoms with E-state index in [1.807, 2.05) is 16.3 Å². The first-order valence-corrected chi connectivity index (χ1v) is 7.31. The van der Waals surface area contributed by atoms with E-state index in [1.165, 1.54) is 0 Å². The predicted molar refractivity (Wildman–Crippen MR) is 75.0 cm³/mol. The zero-order valence-electron chi connectivity index (χ0n) is 9.37. The number of halogens is 1. The summed E-state index contributed by atoms with van der Waals surface area (Å²) in [7, 11) is 0. The van der Waals surface area contributed by atoms with Crippen LogP contribution >= 0.6 is 33.9 Å². The second-order valence-electron chi connectivity index (χ2n) is 4.32. The Labute approximate surface area is 113 Å². The normalized spacial score (nSPS) is 25.8. The lowest BCUT2D eigenvalue weighted by molar-refractivity contribution is 0.0674. The minimum absolute atomic E-state index is 0.166. The van der Waals surface area contributed by atoms with Crippen LogP contribution in [0.4, 0.5) is 0 Å². The van der Waals surface area contributed by atoms with Gasteiger partial charge in [-0.25, -0.2) is 0 Å². The molecule has 2 atom stereocenters. The first-order valence-electron chi connectivity index (χ1n) is 5.35. The molecule has 1 saturated heterocycles. The number of hydrogen-bond donors (Lipinski definition) is 1. The summed E-state index contributed by atoms with van der Waals surface area (Å²) >= 11 is 3.87. The van der Waals surface area contributed by atoms with Gasteiger partial charge in [-0.3, -0.25) is 4.79 Å². The summed E-state index contributed by atoms with van der Waals surface area (Å²) in [4.78, 5) is 14.2. The van der Waals surface area contributed by atoms with Crippen LogP contribution in [0.2, 0.25) is 0 Å². The number of amides is 1. The molecule has 0 aliphatic carbocycles. The predicted octanol–water partition coefficient (Wildman–Crippen LogP) is 2.18. The van der Waals surface area contributed by atoms with Crippen LogP contribution in [0.5, 0.6) is 0 Å². The number of carbonyl (C=O) groups is 1. The Bertz CT molecular complexity index is 383. The maximum absolute atomic E-state index is 12.2. The SMILES string of the molecule is CC1CN(C(=O)c2csc(I)c2)CC(C)N1. The molecule has 1 aliphatic heterocycles. The molecule has 16 heavy (non-hydrogen) atoms. The molecule has 0 bridgehead atoms. The zero-order chi connectivity index (χ0) is 11.7. The van der Waals surface area contributed by atoms with Crippen LogP contribution in [0.1, 0.15) is 24.2 Å². The lowest BCUT2D eigenvalue weighted by Gasteiger charge is -2.36. The van der Waals surface area contributed by atoms with Crippen LogP contribution < -0.4 is 5.32 Å². The standard InChI is InChI=1S/C11H15IN2OS/c1-7-4-14(5-8(2)13-7)11(15)9-3-10(12)16-6-9/h3,6-8,13H,4-5H2,1-2H3. The Hall–Kier alpha value is -0.140. The van der Waals surface area contributed by atoms with E-state index in [9.17, 15) is 4.79 Å². The Morgan fingerprint density at radius 2 is 2.12 bits per heavy atom. The molecule has 88 valence electrons. The lowest BCUT2D eigenvalue weighted by Crippen LogP contribution is -2.55. The highest BCUT2D eigenvalue weighted by Gasteiger charge is 2.25. The van der Waals surface area contributed by atoms with E-state index in [2.05, 4.69) is 41.8 Å². The van der Waals surface area contributed by atoms with E-state index in [4.69, 9.17) is 0 Å². The number of carbonyl (C=O) groups excluding carboxylic acids is 1. The van der Waals surface area contributed by atoms with E-state index >= 15 is 0 Å². The van der Waals surface area contributed by atoms with Gasteiger partial charge in [-0.05, 0) is 42.5 Å². The molecule has 2 rings (SSSR count). The van der Waals surface area contributed by atoms with Gasteiger partial charge < -0.3 is 10.2 Å². The minimum atomic E-state index is 0.166. The van der Waals surface area contributed by atoms with Crippen molar-refractivity contribution in [2.75, 3.05) is 13.1 Å². The molecular formula is C11H15IN2OS. The highest BCUT2D eigenvalue weighted by Crippen LogP contribution is 2.19. The van der Waals surface area contributed by atoms with E-state index in [1.54, 1.807) is 11.3 Å². The molecule has 2 unspecified atom stereocenters. The molecule has 0 spiro atoms. The number of rotatable bonds is 1. The average molecular weight is 350 g/mol. The third-order valence-electron chi connectivity index (χ3n) is 2.66. The van der Waals surface area contributed by atoms with Crippen molar-refractivity contribution in [1.29, 1.82) is 0 Å². The highest BCUT2D eigenvalue weighted by atomic mass is 127. The van der Waals surface area contributed by atoms with Gasteiger partial charge in [0.2, 0.25) is 0 Å². The molecular weight excluding hydrogens is 335 g/mol. The maximum atomic E-state index is 12.2. The summed E-state index contributed by atoms with van der Waals surface area (Å²) < 4.78 is 1.16. The first-order chi connectivity index (χ1) is 7.56. The van der Waals surface area contributed by atoms with Crippen molar-refractivity contribution in [3.63, 3.8) is 0 Å². The molecule has 5 heteroatoms. The smallest absolute Gasteiger partial charge is 0.254 e.